The molecule has 31 heavy (non-hydrogen) atoms. The summed E-state index contributed by atoms with van der Waals surface area (Å²) in [6.45, 7) is 1.45. The molecule has 0 N–H and O–H groups in total. The number of rotatable bonds is 5. The number of fused-ring (bicyclic) bond motifs is 1. The van der Waals surface area contributed by atoms with Gasteiger partial charge in [0, 0.05) is 5.02 Å². The fraction of sp³-hybridized carbons (Fsp3) is 0.273. The van der Waals surface area contributed by atoms with Gasteiger partial charge in [-0.05, 0) is 49.4 Å². The van der Waals surface area contributed by atoms with Crippen LogP contribution >= 0.6 is 34.5 Å². The lowest BCUT2D eigenvalue weighted by molar-refractivity contribution is -0.154. The van der Waals surface area contributed by atoms with Gasteiger partial charge in [-0.2, -0.15) is 5.01 Å². The highest BCUT2D eigenvalue weighted by molar-refractivity contribution is 7.12. The lowest BCUT2D eigenvalue weighted by Gasteiger charge is -2.30. The van der Waals surface area contributed by atoms with Crippen LogP contribution in [0.2, 0.25) is 10.0 Å². The third kappa shape index (κ3) is 4.05. The largest absolute Gasteiger partial charge is 0.291 e. The average molecular weight is 477 g/mol. The molecule has 1 saturated heterocycles. The highest BCUT2D eigenvalue weighted by atomic mass is 35.5. The molecule has 1 aliphatic heterocycles. The molecular weight excluding hydrogens is 459 g/mol. The molecule has 6 nitrogen and oxygen atoms in total. The van der Waals surface area contributed by atoms with Crippen LogP contribution < -0.4 is 0 Å². The van der Waals surface area contributed by atoms with Crippen LogP contribution in [0.5, 0.6) is 0 Å². The first-order valence-electron chi connectivity index (χ1n) is 9.65. The fourth-order valence-electron chi connectivity index (χ4n) is 3.94. The van der Waals surface area contributed by atoms with E-state index in [4.69, 9.17) is 23.2 Å². The Balaban J connectivity index is 1.72. The molecule has 9 heteroatoms. The summed E-state index contributed by atoms with van der Waals surface area (Å²) in [5.41, 5.74) is 1.08. The van der Waals surface area contributed by atoms with Crippen LogP contribution in [0, 0.1) is 11.8 Å². The number of hydrogen-bond donors (Lipinski definition) is 0. The minimum Gasteiger partial charge on any atom is -0.291 e. The van der Waals surface area contributed by atoms with Crippen molar-refractivity contribution in [2.24, 2.45) is 11.8 Å². The standard InChI is InChI=1S/C22H18Cl2N2O4S/c1-12-4-6-14-16(9-12)22(30)26(21(14)29)25(11-18(27)19-3-2-8-31-19)20(28)15-7-5-13(23)10-17(15)24/h2-5,7-8,10,14,16H,6,9,11H2,1H3/t14-,16-/m1/s1. The van der Waals surface area contributed by atoms with Gasteiger partial charge in [-0.15, -0.1) is 11.3 Å². The molecule has 1 aromatic heterocycles. The van der Waals surface area contributed by atoms with Crippen LogP contribution in [0.1, 0.15) is 39.8 Å². The Bertz CT molecular complexity index is 1110. The first kappa shape index (κ1) is 21.7. The van der Waals surface area contributed by atoms with Gasteiger partial charge in [0.2, 0.25) is 0 Å². The number of hydrogen-bond acceptors (Lipinski definition) is 5. The average Bonchev–Trinajstić information content (AvgIpc) is 3.34. The molecule has 1 fully saturated rings. The Kier molecular flexibility index (Phi) is 6.01. The van der Waals surface area contributed by atoms with Crippen molar-refractivity contribution in [1.29, 1.82) is 0 Å². The fourth-order valence-corrected chi connectivity index (χ4v) is 5.09. The number of Topliss-reactive ketones (excluding diaryl/α,β-unsaturated/α-hetero) is 1. The normalized spacial score (nSPS) is 20.5. The van der Waals surface area contributed by atoms with Crippen molar-refractivity contribution in [2.45, 2.75) is 19.8 Å². The number of halogens is 2. The molecule has 0 unspecified atom stereocenters. The van der Waals surface area contributed by atoms with E-state index in [1.165, 1.54) is 29.5 Å². The number of imide groups is 1. The third-order valence-electron chi connectivity index (χ3n) is 5.53. The van der Waals surface area contributed by atoms with Gasteiger partial charge in [-0.3, -0.25) is 19.2 Å². The van der Waals surface area contributed by atoms with Gasteiger partial charge in [-0.25, -0.2) is 5.01 Å². The van der Waals surface area contributed by atoms with E-state index in [-0.39, 0.29) is 16.4 Å². The quantitative estimate of drug-likeness (QED) is 0.358. The Morgan fingerprint density at radius 3 is 2.58 bits per heavy atom. The maximum absolute atomic E-state index is 13.4. The van der Waals surface area contributed by atoms with Crippen LogP contribution in [0.4, 0.5) is 0 Å². The zero-order valence-electron chi connectivity index (χ0n) is 16.5. The maximum atomic E-state index is 13.4. The van der Waals surface area contributed by atoms with E-state index in [0.717, 1.165) is 15.6 Å². The minimum atomic E-state index is -0.711. The van der Waals surface area contributed by atoms with E-state index >= 15 is 0 Å². The molecule has 2 atom stereocenters. The van der Waals surface area contributed by atoms with Crippen LogP contribution in [-0.2, 0) is 9.59 Å². The monoisotopic (exact) mass is 476 g/mol. The Hall–Kier alpha value is -2.48. The van der Waals surface area contributed by atoms with Gasteiger partial charge in [0.1, 0.15) is 6.54 Å². The SMILES string of the molecule is CC1=CC[C@H]2C(=O)N(N(CC(=O)c3cccs3)C(=O)c3ccc(Cl)cc3Cl)C(=O)[C@@H]2C1. The molecule has 1 aliphatic carbocycles. The smallest absolute Gasteiger partial charge is 0.274 e. The van der Waals surface area contributed by atoms with Crippen molar-refractivity contribution in [1.82, 2.24) is 10.0 Å². The summed E-state index contributed by atoms with van der Waals surface area (Å²) in [4.78, 5) is 53.0. The second kappa shape index (κ2) is 8.57. The first-order chi connectivity index (χ1) is 14.8. The highest BCUT2D eigenvalue weighted by Gasteiger charge is 2.51. The summed E-state index contributed by atoms with van der Waals surface area (Å²) in [6, 6.07) is 7.65. The lowest BCUT2D eigenvalue weighted by atomic mass is 9.82. The first-order valence-corrected chi connectivity index (χ1v) is 11.3. The molecule has 2 heterocycles. The van der Waals surface area contributed by atoms with E-state index in [1.807, 2.05) is 13.0 Å². The predicted octanol–water partition coefficient (Wildman–Crippen LogP) is 4.64. The van der Waals surface area contributed by atoms with Crippen molar-refractivity contribution in [3.8, 4) is 0 Å². The molecule has 3 amide bonds. The van der Waals surface area contributed by atoms with Crippen LogP contribution in [-0.4, -0.2) is 40.1 Å². The number of amides is 3. The number of hydrazine groups is 1. The molecule has 4 rings (SSSR count). The highest BCUT2D eigenvalue weighted by Crippen LogP contribution is 2.39. The number of ketones is 1. The molecule has 2 aliphatic rings. The van der Waals surface area contributed by atoms with Gasteiger partial charge in [0.15, 0.2) is 5.78 Å². The van der Waals surface area contributed by atoms with E-state index < -0.39 is 36.1 Å². The molecule has 0 spiro atoms. The zero-order valence-corrected chi connectivity index (χ0v) is 18.8. The maximum Gasteiger partial charge on any atom is 0.274 e. The van der Waals surface area contributed by atoms with Gasteiger partial charge < -0.3 is 0 Å². The predicted molar refractivity (Wildman–Crippen MR) is 118 cm³/mol. The molecule has 0 bridgehead atoms. The number of thiophene rings is 1. The van der Waals surface area contributed by atoms with Gasteiger partial charge >= 0.3 is 0 Å². The molecule has 0 radical (unpaired) electrons. The summed E-state index contributed by atoms with van der Waals surface area (Å²) in [5.74, 6) is -3.11. The Morgan fingerprint density at radius 2 is 1.90 bits per heavy atom. The Morgan fingerprint density at radius 1 is 1.16 bits per heavy atom. The van der Waals surface area contributed by atoms with Crippen molar-refractivity contribution in [3.05, 3.63) is 67.8 Å². The number of carbonyl (C=O) groups excluding carboxylic acids is 4. The molecule has 1 aromatic carbocycles. The van der Waals surface area contributed by atoms with E-state index in [2.05, 4.69) is 0 Å². The summed E-state index contributed by atoms with van der Waals surface area (Å²) >= 11 is 13.4. The second-order valence-corrected chi connectivity index (χ2v) is 9.37. The Labute approximate surface area is 193 Å². The third-order valence-corrected chi connectivity index (χ3v) is 6.99. The molecule has 160 valence electrons. The summed E-state index contributed by atoms with van der Waals surface area (Å²) in [5, 5.41) is 3.92. The summed E-state index contributed by atoms with van der Waals surface area (Å²) in [7, 11) is 0. The molecule has 2 aromatic rings. The number of allylic oxidation sites excluding steroid dienone is 2. The van der Waals surface area contributed by atoms with Crippen LogP contribution in [0.3, 0.4) is 0 Å². The van der Waals surface area contributed by atoms with Crippen molar-refractivity contribution < 1.29 is 19.2 Å². The van der Waals surface area contributed by atoms with Gasteiger partial charge in [0.05, 0.1) is 27.3 Å². The minimum absolute atomic E-state index is 0.0508. The van der Waals surface area contributed by atoms with E-state index in [0.29, 0.717) is 22.7 Å². The number of carbonyl (C=O) groups is 4. The zero-order chi connectivity index (χ0) is 22.3. The van der Waals surface area contributed by atoms with Crippen LogP contribution in [0.25, 0.3) is 0 Å². The number of nitrogens with zero attached hydrogens (tertiary/aromatic N) is 2. The number of benzene rings is 1. The molecule has 0 saturated carbocycles. The van der Waals surface area contributed by atoms with Gasteiger partial charge in [-0.1, -0.05) is 40.9 Å². The van der Waals surface area contributed by atoms with Crippen LogP contribution in [0.15, 0.2) is 47.4 Å². The molecular formula is C22H18Cl2N2O4S. The van der Waals surface area contributed by atoms with Gasteiger partial charge in [0.25, 0.3) is 17.7 Å². The van der Waals surface area contributed by atoms with Crippen molar-refractivity contribution >= 4 is 58.0 Å². The second-order valence-electron chi connectivity index (χ2n) is 7.58. The summed E-state index contributed by atoms with van der Waals surface area (Å²) < 4.78 is 0. The summed E-state index contributed by atoms with van der Waals surface area (Å²) in [6.07, 6.45) is 2.82. The topological polar surface area (TPSA) is 74.8 Å². The van der Waals surface area contributed by atoms with Crippen molar-refractivity contribution in [2.75, 3.05) is 6.54 Å². The van der Waals surface area contributed by atoms with E-state index in [9.17, 15) is 19.2 Å². The van der Waals surface area contributed by atoms with E-state index in [1.54, 1.807) is 17.5 Å². The van der Waals surface area contributed by atoms with Crippen molar-refractivity contribution in [3.63, 3.8) is 0 Å². The lowest BCUT2D eigenvalue weighted by Crippen LogP contribution is -2.52.